The van der Waals surface area contributed by atoms with Crippen LogP contribution in [0.3, 0.4) is 0 Å². The van der Waals surface area contributed by atoms with E-state index in [4.69, 9.17) is 11.6 Å². The van der Waals surface area contributed by atoms with Gasteiger partial charge in [0.25, 0.3) is 0 Å². The molecule has 0 saturated heterocycles. The van der Waals surface area contributed by atoms with Crippen molar-refractivity contribution in [3.63, 3.8) is 0 Å². The summed E-state index contributed by atoms with van der Waals surface area (Å²) in [5.74, 6) is 0.0532. The Morgan fingerprint density at radius 3 is 2.61 bits per heavy atom. The third-order valence-electron chi connectivity index (χ3n) is 2.75. The second-order valence-electron chi connectivity index (χ2n) is 4.37. The second kappa shape index (κ2) is 8.11. The fourth-order valence-electron chi connectivity index (χ4n) is 1.51. The molecule has 0 bridgehead atoms. The normalized spacial score (nSPS) is 12.2. The molecule has 0 radical (unpaired) electrons. The van der Waals surface area contributed by atoms with Crippen LogP contribution in [0.5, 0.6) is 0 Å². The third kappa shape index (κ3) is 5.52. The Kier molecular flexibility index (Phi) is 6.76. The summed E-state index contributed by atoms with van der Waals surface area (Å²) in [6, 6.07) is 7.43. The van der Waals surface area contributed by atoms with Crippen molar-refractivity contribution in [2.75, 3.05) is 6.54 Å². The summed E-state index contributed by atoms with van der Waals surface area (Å²) < 4.78 is 0. The van der Waals surface area contributed by atoms with E-state index in [1.54, 1.807) is 0 Å². The fraction of sp³-hybridized carbons (Fsp3) is 0.500. The Labute approximate surface area is 114 Å². The van der Waals surface area contributed by atoms with Crippen molar-refractivity contribution in [1.29, 1.82) is 0 Å². The number of halogens is 1. The minimum absolute atomic E-state index is 0.0532. The number of hydrogen-bond donors (Lipinski definition) is 2. The van der Waals surface area contributed by atoms with Gasteiger partial charge in [-0.3, -0.25) is 4.79 Å². The van der Waals surface area contributed by atoms with Crippen LogP contribution in [0.1, 0.15) is 32.3 Å². The highest BCUT2D eigenvalue weighted by Crippen LogP contribution is 2.09. The summed E-state index contributed by atoms with van der Waals surface area (Å²) >= 11 is 5.81. The summed E-state index contributed by atoms with van der Waals surface area (Å²) in [4.78, 5) is 11.7. The molecule has 0 aliphatic heterocycles. The van der Waals surface area contributed by atoms with Gasteiger partial charge in [0.15, 0.2) is 0 Å². The number of unbranched alkanes of at least 4 members (excludes halogenated alkanes) is 1. The molecule has 100 valence electrons. The Balaban J connectivity index is 2.29. The van der Waals surface area contributed by atoms with E-state index in [1.165, 1.54) is 0 Å². The molecule has 1 amide bonds. The molecular formula is C14H21ClN2O. The molecule has 0 spiro atoms. The average Bonchev–Trinajstić information content (AvgIpc) is 2.38. The molecule has 0 aliphatic rings. The van der Waals surface area contributed by atoms with E-state index in [0.29, 0.717) is 6.54 Å². The molecule has 1 aromatic rings. The van der Waals surface area contributed by atoms with Crippen molar-refractivity contribution < 1.29 is 4.79 Å². The summed E-state index contributed by atoms with van der Waals surface area (Å²) in [6.45, 7) is 5.40. The number of rotatable bonds is 7. The summed E-state index contributed by atoms with van der Waals surface area (Å²) in [7, 11) is 0. The molecular weight excluding hydrogens is 248 g/mol. The molecule has 0 aromatic heterocycles. The monoisotopic (exact) mass is 268 g/mol. The minimum atomic E-state index is -0.183. The molecule has 4 heteroatoms. The lowest BCUT2D eigenvalue weighted by molar-refractivity contribution is -0.122. The van der Waals surface area contributed by atoms with E-state index in [-0.39, 0.29) is 11.9 Å². The van der Waals surface area contributed by atoms with Crippen molar-refractivity contribution in [2.45, 2.75) is 39.3 Å². The Hall–Kier alpha value is -1.06. The van der Waals surface area contributed by atoms with Crippen LogP contribution in [-0.2, 0) is 11.3 Å². The minimum Gasteiger partial charge on any atom is -0.355 e. The molecule has 1 unspecified atom stereocenters. The number of nitrogens with one attached hydrogen (secondary N) is 2. The van der Waals surface area contributed by atoms with Gasteiger partial charge in [0.1, 0.15) is 0 Å². The lowest BCUT2D eigenvalue weighted by Gasteiger charge is -2.14. The van der Waals surface area contributed by atoms with Gasteiger partial charge in [-0.15, -0.1) is 0 Å². The Morgan fingerprint density at radius 1 is 1.33 bits per heavy atom. The van der Waals surface area contributed by atoms with Crippen LogP contribution in [0.2, 0.25) is 5.02 Å². The highest BCUT2D eigenvalue weighted by molar-refractivity contribution is 6.30. The van der Waals surface area contributed by atoms with Gasteiger partial charge < -0.3 is 10.6 Å². The van der Waals surface area contributed by atoms with Crippen LogP contribution < -0.4 is 10.6 Å². The van der Waals surface area contributed by atoms with Gasteiger partial charge in [0.05, 0.1) is 6.04 Å². The van der Waals surface area contributed by atoms with Crippen molar-refractivity contribution in [2.24, 2.45) is 0 Å². The fourth-order valence-corrected chi connectivity index (χ4v) is 1.63. The van der Waals surface area contributed by atoms with E-state index in [9.17, 15) is 4.79 Å². The first-order valence-electron chi connectivity index (χ1n) is 6.39. The molecule has 3 nitrogen and oxygen atoms in total. The SMILES string of the molecule is CCCCNC(=O)C(C)NCc1ccc(Cl)cc1. The first kappa shape index (κ1) is 15.0. The molecule has 1 aromatic carbocycles. The zero-order valence-electron chi connectivity index (χ0n) is 11.0. The maximum Gasteiger partial charge on any atom is 0.236 e. The smallest absolute Gasteiger partial charge is 0.236 e. The van der Waals surface area contributed by atoms with Gasteiger partial charge in [-0.05, 0) is 31.0 Å². The van der Waals surface area contributed by atoms with Gasteiger partial charge in [-0.1, -0.05) is 37.1 Å². The van der Waals surface area contributed by atoms with Crippen LogP contribution in [-0.4, -0.2) is 18.5 Å². The quantitative estimate of drug-likeness (QED) is 0.747. The van der Waals surface area contributed by atoms with Crippen LogP contribution in [0.15, 0.2) is 24.3 Å². The van der Waals surface area contributed by atoms with E-state index in [1.807, 2.05) is 31.2 Å². The van der Waals surface area contributed by atoms with E-state index in [2.05, 4.69) is 17.6 Å². The van der Waals surface area contributed by atoms with Crippen molar-refractivity contribution in [3.05, 3.63) is 34.9 Å². The lowest BCUT2D eigenvalue weighted by Crippen LogP contribution is -2.42. The standard InChI is InChI=1S/C14H21ClN2O/c1-3-4-9-16-14(18)11(2)17-10-12-5-7-13(15)8-6-12/h5-8,11,17H,3-4,9-10H2,1-2H3,(H,16,18). The number of hydrogen-bond acceptors (Lipinski definition) is 2. The molecule has 2 N–H and O–H groups in total. The van der Waals surface area contributed by atoms with Crippen molar-refractivity contribution in [1.82, 2.24) is 10.6 Å². The van der Waals surface area contributed by atoms with Crippen molar-refractivity contribution in [3.8, 4) is 0 Å². The first-order valence-corrected chi connectivity index (χ1v) is 6.76. The molecule has 0 saturated carbocycles. The highest BCUT2D eigenvalue weighted by atomic mass is 35.5. The molecule has 0 fully saturated rings. The number of carbonyl (C=O) groups excluding carboxylic acids is 1. The molecule has 0 heterocycles. The van der Waals surface area contributed by atoms with Crippen molar-refractivity contribution >= 4 is 17.5 Å². The van der Waals surface area contributed by atoms with Crippen LogP contribution in [0.4, 0.5) is 0 Å². The zero-order valence-corrected chi connectivity index (χ0v) is 11.8. The number of benzene rings is 1. The predicted molar refractivity (Wildman–Crippen MR) is 75.7 cm³/mol. The lowest BCUT2D eigenvalue weighted by atomic mass is 10.2. The Bertz CT molecular complexity index is 365. The highest BCUT2D eigenvalue weighted by Gasteiger charge is 2.10. The summed E-state index contributed by atoms with van der Waals surface area (Å²) in [5, 5.41) is 6.82. The average molecular weight is 269 g/mol. The maximum absolute atomic E-state index is 11.7. The second-order valence-corrected chi connectivity index (χ2v) is 4.81. The zero-order chi connectivity index (χ0) is 13.4. The van der Waals surface area contributed by atoms with Gasteiger partial charge in [-0.2, -0.15) is 0 Å². The molecule has 18 heavy (non-hydrogen) atoms. The van der Waals surface area contributed by atoms with Gasteiger partial charge in [0, 0.05) is 18.1 Å². The topological polar surface area (TPSA) is 41.1 Å². The molecule has 0 aliphatic carbocycles. The predicted octanol–water partition coefficient (Wildman–Crippen LogP) is 2.73. The van der Waals surface area contributed by atoms with E-state index >= 15 is 0 Å². The maximum atomic E-state index is 11.7. The summed E-state index contributed by atoms with van der Waals surface area (Å²) in [6.07, 6.45) is 2.11. The van der Waals surface area contributed by atoms with Crippen LogP contribution in [0.25, 0.3) is 0 Å². The van der Waals surface area contributed by atoms with Gasteiger partial charge in [-0.25, -0.2) is 0 Å². The number of carbonyl (C=O) groups is 1. The third-order valence-corrected chi connectivity index (χ3v) is 3.00. The summed E-state index contributed by atoms with van der Waals surface area (Å²) in [5.41, 5.74) is 1.12. The molecule has 1 atom stereocenters. The number of amides is 1. The van der Waals surface area contributed by atoms with Crippen LogP contribution >= 0.6 is 11.6 Å². The first-order chi connectivity index (χ1) is 8.63. The van der Waals surface area contributed by atoms with Gasteiger partial charge in [0.2, 0.25) is 5.91 Å². The van der Waals surface area contributed by atoms with E-state index in [0.717, 1.165) is 30.0 Å². The van der Waals surface area contributed by atoms with Gasteiger partial charge >= 0.3 is 0 Å². The largest absolute Gasteiger partial charge is 0.355 e. The molecule has 1 rings (SSSR count). The Morgan fingerprint density at radius 2 is 2.00 bits per heavy atom. The van der Waals surface area contributed by atoms with E-state index < -0.39 is 0 Å². The van der Waals surface area contributed by atoms with Crippen LogP contribution in [0, 0.1) is 0 Å².